The number of carbonyl (C=O) groups is 1. The fourth-order valence-electron chi connectivity index (χ4n) is 2.22. The number of rotatable bonds is 5. The van der Waals surface area contributed by atoms with Crippen molar-refractivity contribution in [3.8, 4) is 12.1 Å². The van der Waals surface area contributed by atoms with Gasteiger partial charge in [0.1, 0.15) is 29.5 Å². The molecule has 0 aliphatic carbocycles. The maximum Gasteiger partial charge on any atom is 0.273 e. The van der Waals surface area contributed by atoms with E-state index < -0.39 is 5.91 Å². The molecule has 0 aliphatic rings. The molecule has 5 N–H and O–H groups in total. The largest absolute Gasteiger partial charge is 0.394 e. The van der Waals surface area contributed by atoms with Crippen molar-refractivity contribution in [2.45, 2.75) is 0 Å². The normalized spacial score (nSPS) is 11.5. The zero-order valence-electron chi connectivity index (χ0n) is 15.2. The van der Waals surface area contributed by atoms with Gasteiger partial charge in [0.25, 0.3) is 5.91 Å². The third-order valence-electron chi connectivity index (χ3n) is 3.67. The highest BCUT2D eigenvalue weighted by Gasteiger charge is 2.18. The van der Waals surface area contributed by atoms with Crippen LogP contribution in [-0.4, -0.2) is 30.0 Å². The van der Waals surface area contributed by atoms with E-state index in [1.807, 2.05) is 12.1 Å². The third-order valence-corrected chi connectivity index (χ3v) is 3.98. The summed E-state index contributed by atoms with van der Waals surface area (Å²) in [6, 6.07) is 11.6. The number of nitrogens with zero attached hydrogens (tertiary/aromatic N) is 4. The number of benzene rings is 1. The average Bonchev–Trinajstić information content (AvgIpc) is 2.74. The molecule has 1 aromatic heterocycles. The number of aliphatic imine (C=N–C) groups is 1. The second kappa shape index (κ2) is 9.65. The standard InChI is InChI=1S/C19H15ClN8O/c1-25-18(28-17-12(8-22)3-2-4-14(17)20)13(9-23)16(24)19(29)27-15-6-5-11(7-21)10-26-15/h2-6,9-10,23H,24H2,1H3,(H,25,28)(H,26,27,29)/b16-13-,23-9?. The quantitative estimate of drug-likeness (QED) is 0.338. The Hall–Kier alpha value is -4.21. The summed E-state index contributed by atoms with van der Waals surface area (Å²) in [5, 5.41) is 31.3. The van der Waals surface area contributed by atoms with Crippen LogP contribution in [0.15, 0.2) is 52.8 Å². The van der Waals surface area contributed by atoms with E-state index in [1.54, 1.807) is 18.2 Å². The smallest absolute Gasteiger partial charge is 0.273 e. The Morgan fingerprint density at radius 3 is 2.59 bits per heavy atom. The first-order chi connectivity index (χ1) is 13.9. The maximum absolute atomic E-state index is 12.5. The van der Waals surface area contributed by atoms with Crippen LogP contribution in [0.2, 0.25) is 5.02 Å². The van der Waals surface area contributed by atoms with Crippen molar-refractivity contribution in [3.63, 3.8) is 0 Å². The summed E-state index contributed by atoms with van der Waals surface area (Å²) in [6.45, 7) is 0. The molecule has 0 radical (unpaired) electrons. The Bertz CT molecular complexity index is 1090. The molecule has 144 valence electrons. The SMILES string of the molecule is CN=C(Nc1c(Cl)cccc1C#N)/C(C=N)=C(\N)C(=O)Nc1ccc(C#N)cn1. The third kappa shape index (κ3) is 4.95. The molecule has 0 spiro atoms. The van der Waals surface area contributed by atoms with Crippen molar-refractivity contribution in [3.05, 3.63) is 63.9 Å². The Morgan fingerprint density at radius 1 is 1.28 bits per heavy atom. The van der Waals surface area contributed by atoms with Gasteiger partial charge in [-0.2, -0.15) is 10.5 Å². The highest BCUT2D eigenvalue weighted by atomic mass is 35.5. The van der Waals surface area contributed by atoms with E-state index in [-0.39, 0.29) is 39.2 Å². The van der Waals surface area contributed by atoms with Crippen molar-refractivity contribution >= 4 is 41.1 Å². The summed E-state index contributed by atoms with van der Waals surface area (Å²) in [4.78, 5) is 20.4. The minimum absolute atomic E-state index is 0.0116. The number of nitrogens with one attached hydrogen (secondary N) is 3. The molecule has 0 bridgehead atoms. The number of para-hydroxylation sites is 1. The first-order valence-corrected chi connectivity index (χ1v) is 8.43. The van der Waals surface area contributed by atoms with Crippen LogP contribution in [0.5, 0.6) is 0 Å². The summed E-state index contributed by atoms with van der Waals surface area (Å²) in [5.41, 5.74) is 6.49. The van der Waals surface area contributed by atoms with Crippen molar-refractivity contribution < 1.29 is 4.79 Å². The molecule has 1 aromatic carbocycles. The fraction of sp³-hybridized carbons (Fsp3) is 0.0526. The number of hydrogen-bond acceptors (Lipinski definition) is 7. The van der Waals surface area contributed by atoms with Gasteiger partial charge in [-0.1, -0.05) is 17.7 Å². The monoisotopic (exact) mass is 406 g/mol. The van der Waals surface area contributed by atoms with Crippen molar-refractivity contribution in [1.29, 1.82) is 15.9 Å². The molecule has 2 rings (SSSR count). The first kappa shape index (κ1) is 21.1. The molecule has 1 heterocycles. The van der Waals surface area contributed by atoms with Crippen molar-refractivity contribution in [2.75, 3.05) is 17.7 Å². The van der Waals surface area contributed by atoms with Gasteiger partial charge in [-0.25, -0.2) is 4.98 Å². The summed E-state index contributed by atoms with van der Waals surface area (Å²) in [6.07, 6.45) is 2.16. The molecule has 0 aliphatic heterocycles. The van der Waals surface area contributed by atoms with Gasteiger partial charge in [0.05, 0.1) is 27.4 Å². The van der Waals surface area contributed by atoms with E-state index in [0.717, 1.165) is 6.21 Å². The van der Waals surface area contributed by atoms with E-state index in [2.05, 4.69) is 20.6 Å². The van der Waals surface area contributed by atoms with Crippen molar-refractivity contribution in [2.24, 2.45) is 10.7 Å². The number of carbonyl (C=O) groups excluding carboxylic acids is 1. The molecule has 2 aromatic rings. The lowest BCUT2D eigenvalue weighted by Gasteiger charge is -2.14. The van der Waals surface area contributed by atoms with Gasteiger partial charge in [-0.15, -0.1) is 0 Å². The molecule has 1 amide bonds. The highest BCUT2D eigenvalue weighted by molar-refractivity contribution is 6.35. The molecule has 29 heavy (non-hydrogen) atoms. The number of amidine groups is 1. The fourth-order valence-corrected chi connectivity index (χ4v) is 2.44. The van der Waals surface area contributed by atoms with Gasteiger partial charge in [-0.3, -0.25) is 9.79 Å². The molecule has 0 unspecified atom stereocenters. The average molecular weight is 407 g/mol. The molecular formula is C19H15ClN8O. The second-order valence-corrected chi connectivity index (χ2v) is 5.85. The Labute approximate surface area is 171 Å². The van der Waals surface area contributed by atoms with Crippen molar-refractivity contribution in [1.82, 2.24) is 4.98 Å². The van der Waals surface area contributed by atoms with E-state index in [0.29, 0.717) is 5.56 Å². The molecule has 0 fully saturated rings. The number of hydrogen-bond donors (Lipinski definition) is 4. The first-order valence-electron chi connectivity index (χ1n) is 8.05. The molecule has 0 atom stereocenters. The van der Waals surface area contributed by atoms with E-state index >= 15 is 0 Å². The predicted molar refractivity (Wildman–Crippen MR) is 111 cm³/mol. The zero-order valence-corrected chi connectivity index (χ0v) is 15.9. The van der Waals surface area contributed by atoms with Crippen LogP contribution in [0.4, 0.5) is 11.5 Å². The number of halogens is 1. The summed E-state index contributed by atoms with van der Waals surface area (Å²) < 4.78 is 0. The highest BCUT2D eigenvalue weighted by Crippen LogP contribution is 2.26. The number of aromatic nitrogens is 1. The number of nitriles is 2. The van der Waals surface area contributed by atoms with Crippen LogP contribution in [0.1, 0.15) is 11.1 Å². The Kier molecular flexibility index (Phi) is 7.02. The molecule has 0 saturated heterocycles. The van der Waals surface area contributed by atoms with Crippen LogP contribution in [0.3, 0.4) is 0 Å². The molecule has 0 saturated carbocycles. The predicted octanol–water partition coefficient (Wildman–Crippen LogP) is 2.42. The van der Waals surface area contributed by atoms with Gasteiger partial charge in [0.15, 0.2) is 0 Å². The minimum atomic E-state index is -0.719. The lowest BCUT2D eigenvalue weighted by atomic mass is 10.1. The van der Waals surface area contributed by atoms with Gasteiger partial charge in [0, 0.05) is 19.5 Å². The van der Waals surface area contributed by atoms with Crippen LogP contribution in [-0.2, 0) is 4.79 Å². The van der Waals surface area contributed by atoms with Crippen LogP contribution < -0.4 is 16.4 Å². The van der Waals surface area contributed by atoms with E-state index in [9.17, 15) is 10.1 Å². The lowest BCUT2D eigenvalue weighted by molar-refractivity contribution is -0.112. The van der Waals surface area contributed by atoms with E-state index in [4.69, 9.17) is 28.0 Å². The summed E-state index contributed by atoms with van der Waals surface area (Å²) >= 11 is 6.15. The molecule has 9 nitrogen and oxygen atoms in total. The number of pyridine rings is 1. The summed E-state index contributed by atoms with van der Waals surface area (Å²) in [7, 11) is 1.43. The Balaban J connectivity index is 2.34. The van der Waals surface area contributed by atoms with Crippen LogP contribution in [0.25, 0.3) is 0 Å². The van der Waals surface area contributed by atoms with Gasteiger partial charge >= 0.3 is 0 Å². The minimum Gasteiger partial charge on any atom is -0.394 e. The lowest BCUT2D eigenvalue weighted by Crippen LogP contribution is -2.28. The number of nitrogens with two attached hydrogens (primary N) is 1. The molecule has 10 heteroatoms. The van der Waals surface area contributed by atoms with Crippen LogP contribution >= 0.6 is 11.6 Å². The van der Waals surface area contributed by atoms with Gasteiger partial charge in [0.2, 0.25) is 0 Å². The zero-order chi connectivity index (χ0) is 21.4. The van der Waals surface area contributed by atoms with Crippen LogP contribution in [0, 0.1) is 28.1 Å². The van der Waals surface area contributed by atoms with E-state index in [1.165, 1.54) is 25.4 Å². The Morgan fingerprint density at radius 2 is 2.03 bits per heavy atom. The van der Waals surface area contributed by atoms with Gasteiger partial charge < -0.3 is 21.8 Å². The topological polar surface area (TPSA) is 164 Å². The maximum atomic E-state index is 12.5. The second-order valence-electron chi connectivity index (χ2n) is 5.44. The number of anilines is 2. The number of amides is 1. The van der Waals surface area contributed by atoms with Gasteiger partial charge in [-0.05, 0) is 24.3 Å². The summed E-state index contributed by atoms with van der Waals surface area (Å²) in [5.74, 6) is -0.463. The molecular weight excluding hydrogens is 392 g/mol.